The van der Waals surface area contributed by atoms with Gasteiger partial charge < -0.3 is 29.7 Å². The number of amides is 3. The van der Waals surface area contributed by atoms with Gasteiger partial charge in [-0.05, 0) is 40.8 Å². The Hall–Kier alpha value is -4.80. The van der Waals surface area contributed by atoms with Gasteiger partial charge in [-0.2, -0.15) is 0 Å². The fourth-order valence-corrected chi connectivity index (χ4v) is 8.10. The highest BCUT2D eigenvalue weighted by Gasteiger charge is 2.74. The summed E-state index contributed by atoms with van der Waals surface area (Å²) in [5, 5.41) is 15.8. The summed E-state index contributed by atoms with van der Waals surface area (Å²) in [6.07, 6.45) is 7.68. The molecule has 3 aromatic carbocycles. The van der Waals surface area contributed by atoms with Gasteiger partial charge in [0, 0.05) is 18.7 Å². The minimum atomic E-state index is -1.43. The van der Waals surface area contributed by atoms with Crippen molar-refractivity contribution in [1.82, 2.24) is 10.2 Å². The van der Waals surface area contributed by atoms with Crippen molar-refractivity contribution >= 4 is 40.2 Å². The van der Waals surface area contributed by atoms with E-state index in [9.17, 15) is 19.5 Å². The van der Waals surface area contributed by atoms with Crippen molar-refractivity contribution in [3.63, 3.8) is 0 Å². The number of likely N-dealkylation sites (tertiary alicyclic amines) is 1. The van der Waals surface area contributed by atoms with Gasteiger partial charge in [-0.25, -0.2) is 0 Å². The summed E-state index contributed by atoms with van der Waals surface area (Å²) in [7, 11) is 0. The third-order valence-electron chi connectivity index (χ3n) is 10.9. The topological polar surface area (TPSA) is 125 Å². The van der Waals surface area contributed by atoms with Crippen LogP contribution in [0, 0.1) is 17.8 Å². The molecule has 5 bridgehead atoms. The van der Waals surface area contributed by atoms with E-state index in [0.29, 0.717) is 18.5 Å². The second-order valence-electron chi connectivity index (χ2n) is 13.7. The van der Waals surface area contributed by atoms with Crippen LogP contribution in [-0.4, -0.2) is 77.2 Å². The molecule has 3 amide bonds. The number of esters is 1. The number of anilines is 1. The van der Waals surface area contributed by atoms with E-state index in [-0.39, 0.29) is 38.0 Å². The Kier molecular flexibility index (Phi) is 9.32. The Balaban J connectivity index is 1.35. The molecule has 0 aromatic heterocycles. The fourth-order valence-electron chi connectivity index (χ4n) is 8.10. The first kappa shape index (κ1) is 33.7. The molecular weight excluding hydrogens is 634 g/mol. The van der Waals surface area contributed by atoms with Crippen molar-refractivity contribution in [3.05, 3.63) is 103 Å². The van der Waals surface area contributed by atoms with Crippen molar-refractivity contribution in [2.75, 3.05) is 24.7 Å². The summed E-state index contributed by atoms with van der Waals surface area (Å²) in [5.41, 5.74) is -0.0525. The molecule has 4 heterocycles. The maximum Gasteiger partial charge on any atom is 0.306 e. The number of carbonyl (C=O) groups is 4. The van der Waals surface area contributed by atoms with Crippen LogP contribution in [-0.2, 0) is 28.7 Å². The van der Waals surface area contributed by atoms with Crippen LogP contribution in [0.5, 0.6) is 0 Å². The lowest BCUT2D eigenvalue weighted by Crippen LogP contribution is -2.59. The highest BCUT2D eigenvalue weighted by atomic mass is 16.5. The zero-order valence-electron chi connectivity index (χ0n) is 28.3. The average molecular weight is 678 g/mol. The van der Waals surface area contributed by atoms with Gasteiger partial charge in [0.1, 0.15) is 18.2 Å². The molecule has 0 saturated carbocycles. The van der Waals surface area contributed by atoms with Crippen molar-refractivity contribution in [3.8, 4) is 0 Å². The predicted molar refractivity (Wildman–Crippen MR) is 188 cm³/mol. The van der Waals surface area contributed by atoms with Crippen LogP contribution in [0.25, 0.3) is 10.8 Å². The second-order valence-corrected chi connectivity index (χ2v) is 13.7. The lowest BCUT2D eigenvalue weighted by Gasteiger charge is -2.40. The van der Waals surface area contributed by atoms with E-state index in [2.05, 4.69) is 5.32 Å². The summed E-state index contributed by atoms with van der Waals surface area (Å²) < 4.78 is 12.3. The fraction of sp³-hybridized carbons (Fsp3) is 0.400. The Morgan fingerprint density at radius 1 is 0.960 bits per heavy atom. The number of carbonyl (C=O) groups excluding carboxylic acids is 4. The Bertz CT molecular complexity index is 1840. The largest absolute Gasteiger partial charge is 0.463 e. The third-order valence-corrected chi connectivity index (χ3v) is 10.9. The van der Waals surface area contributed by atoms with E-state index in [4.69, 9.17) is 9.47 Å². The van der Waals surface area contributed by atoms with Crippen LogP contribution in [0.2, 0.25) is 0 Å². The minimum absolute atomic E-state index is 0.0836. The van der Waals surface area contributed by atoms with Crippen LogP contribution in [0.3, 0.4) is 0 Å². The SMILES string of the molecule is CC[C@H](C)[C@H](CO)N1C(=O)[C@@H]2[C@H]3C(=O)N[C@@H](c4ccccc4)COC(=O)CC/C=C\CN(c4ccc5ccccc5c4)C(=O)[C@@H]1[C@]21C=C[C@H]3O1. The maximum atomic E-state index is 15.2. The van der Waals surface area contributed by atoms with Crippen LogP contribution < -0.4 is 10.2 Å². The minimum Gasteiger partial charge on any atom is -0.463 e. The number of benzene rings is 3. The number of fused-ring (bicyclic) bond motifs is 3. The molecule has 2 N–H and O–H groups in total. The molecule has 3 aromatic rings. The number of ether oxygens (including phenoxy) is 2. The highest BCUT2D eigenvalue weighted by molar-refractivity contribution is 6.06. The van der Waals surface area contributed by atoms with Gasteiger partial charge >= 0.3 is 5.97 Å². The molecule has 1 spiro atoms. The van der Waals surface area contributed by atoms with Gasteiger partial charge in [0.25, 0.3) is 5.91 Å². The standard InChI is InChI=1S/C40H43N3O7/c1-3-25(2)31(23-44)43-36-39(48)42(29-18-17-26-12-9-10-15-28(26)22-29)21-11-5-8-16-33(45)49-24-30(27-13-6-4-7-14-27)41-37(46)34-32-19-20-40(36,50-32)35(34)38(43)47/h4-7,9-15,17-20,22,25,30-32,34-36,44H,3,8,16,21,23-24H2,1-2H3,(H,41,46)/b11-5-/t25-,30+,31-,32+,34-,35-,36+,40-/m0/s1. The van der Waals surface area contributed by atoms with Gasteiger partial charge in [0.15, 0.2) is 0 Å². The molecule has 10 heteroatoms. The molecule has 260 valence electrons. The number of nitrogens with one attached hydrogen (secondary N) is 1. The molecule has 0 radical (unpaired) electrons. The van der Waals surface area contributed by atoms with Crippen LogP contribution >= 0.6 is 0 Å². The second kappa shape index (κ2) is 13.8. The van der Waals surface area contributed by atoms with Crippen LogP contribution in [0.4, 0.5) is 5.69 Å². The summed E-state index contributed by atoms with van der Waals surface area (Å²) in [6, 6.07) is 20.4. The van der Waals surface area contributed by atoms with Crippen molar-refractivity contribution < 1.29 is 33.8 Å². The summed E-state index contributed by atoms with van der Waals surface area (Å²) >= 11 is 0. The monoisotopic (exact) mass is 677 g/mol. The molecule has 4 aliphatic heterocycles. The highest BCUT2D eigenvalue weighted by Crippen LogP contribution is 2.56. The molecule has 10 nitrogen and oxygen atoms in total. The first-order valence-corrected chi connectivity index (χ1v) is 17.5. The Labute approximate surface area is 291 Å². The molecule has 0 aliphatic carbocycles. The van der Waals surface area contributed by atoms with Crippen molar-refractivity contribution in [1.29, 1.82) is 0 Å². The van der Waals surface area contributed by atoms with E-state index >= 15 is 4.79 Å². The van der Waals surface area contributed by atoms with Gasteiger partial charge in [-0.3, -0.25) is 19.2 Å². The number of aliphatic hydroxyl groups excluding tert-OH is 1. The number of rotatable bonds is 6. The number of cyclic esters (lactones) is 1. The maximum absolute atomic E-state index is 15.2. The predicted octanol–water partition coefficient (Wildman–Crippen LogP) is 4.48. The Morgan fingerprint density at radius 2 is 1.72 bits per heavy atom. The van der Waals surface area contributed by atoms with Gasteiger partial charge in [-0.15, -0.1) is 0 Å². The first-order chi connectivity index (χ1) is 24.3. The van der Waals surface area contributed by atoms with Crippen molar-refractivity contribution in [2.24, 2.45) is 17.8 Å². The molecule has 7 rings (SSSR count). The number of aliphatic hydroxyl groups is 1. The van der Waals surface area contributed by atoms with Crippen LogP contribution in [0.1, 0.15) is 44.7 Å². The first-order valence-electron chi connectivity index (χ1n) is 17.5. The molecule has 8 atom stereocenters. The lowest BCUT2D eigenvalue weighted by molar-refractivity contribution is -0.147. The van der Waals surface area contributed by atoms with Gasteiger partial charge in [0.05, 0.1) is 36.6 Å². The normalized spacial score (nSPS) is 30.3. The molecule has 4 aliphatic rings. The molecule has 50 heavy (non-hydrogen) atoms. The zero-order chi connectivity index (χ0) is 35.0. The summed E-state index contributed by atoms with van der Waals surface area (Å²) in [5.74, 6) is -3.71. The smallest absolute Gasteiger partial charge is 0.306 e. The number of allylic oxidation sites excluding steroid dienone is 1. The Morgan fingerprint density at radius 3 is 2.48 bits per heavy atom. The van der Waals surface area contributed by atoms with E-state index in [1.54, 1.807) is 17.1 Å². The molecular formula is C40H43N3O7. The van der Waals surface area contributed by atoms with E-state index in [0.717, 1.165) is 16.3 Å². The molecule has 2 saturated heterocycles. The lowest BCUT2D eigenvalue weighted by atomic mass is 9.74. The molecule has 0 unspecified atom stereocenters. The zero-order valence-corrected chi connectivity index (χ0v) is 28.3. The summed E-state index contributed by atoms with van der Waals surface area (Å²) in [6.45, 7) is 3.66. The number of hydrogen-bond acceptors (Lipinski definition) is 7. The van der Waals surface area contributed by atoms with E-state index in [1.165, 1.54) is 4.90 Å². The summed E-state index contributed by atoms with van der Waals surface area (Å²) in [4.78, 5) is 60.4. The quantitative estimate of drug-likeness (QED) is 0.291. The van der Waals surface area contributed by atoms with Gasteiger partial charge in [-0.1, -0.05) is 105 Å². The number of nitrogens with zero attached hydrogens (tertiary/aromatic N) is 2. The third kappa shape index (κ3) is 5.80. The van der Waals surface area contributed by atoms with Crippen LogP contribution in [0.15, 0.2) is 97.1 Å². The van der Waals surface area contributed by atoms with E-state index < -0.39 is 59.5 Å². The number of hydrogen-bond donors (Lipinski definition) is 2. The van der Waals surface area contributed by atoms with Gasteiger partial charge in [0.2, 0.25) is 11.8 Å². The molecule has 2 fully saturated rings. The average Bonchev–Trinajstić information content (AvgIpc) is 3.78. The van der Waals surface area contributed by atoms with E-state index in [1.807, 2.05) is 98.8 Å². The van der Waals surface area contributed by atoms with Crippen molar-refractivity contribution in [2.45, 2.75) is 62.9 Å².